The van der Waals surface area contributed by atoms with Crippen LogP contribution in [0.2, 0.25) is 0 Å². The molecule has 7 unspecified atom stereocenters. The topological polar surface area (TPSA) is 218 Å². The van der Waals surface area contributed by atoms with Crippen molar-refractivity contribution in [2.24, 2.45) is 27.6 Å². The van der Waals surface area contributed by atoms with Crippen LogP contribution in [0.3, 0.4) is 0 Å². The zero-order chi connectivity index (χ0) is 67.4. The van der Waals surface area contributed by atoms with E-state index >= 15 is 0 Å². The number of rotatable bonds is 18. The number of alkyl halides is 2. The smallest absolute Gasteiger partial charge is 0.369 e. The molecule has 90 heavy (non-hydrogen) atoms. The Balaban J connectivity index is 0.000000205. The van der Waals surface area contributed by atoms with E-state index in [1.54, 1.807) is 31.2 Å². The number of phenolic OH excluding ortho intramolecular Hbond substituents is 1. The van der Waals surface area contributed by atoms with Crippen LogP contribution in [0.5, 0.6) is 5.75 Å². The van der Waals surface area contributed by atoms with Crippen molar-refractivity contribution >= 4 is 50.9 Å². The summed E-state index contributed by atoms with van der Waals surface area (Å²) in [5, 5.41) is 4.79. The minimum atomic E-state index is -5.86. The van der Waals surface area contributed by atoms with E-state index in [4.69, 9.17) is 23.7 Å². The summed E-state index contributed by atoms with van der Waals surface area (Å²) in [6.45, 7) is 26.0. The van der Waals surface area contributed by atoms with E-state index in [0.29, 0.717) is 39.0 Å². The summed E-state index contributed by atoms with van der Waals surface area (Å²) in [6.07, 6.45) is 1.00. The van der Waals surface area contributed by atoms with Crippen LogP contribution in [0.1, 0.15) is 153 Å². The molecule has 0 radical (unpaired) electrons. The Hall–Kier alpha value is -6.74. The van der Waals surface area contributed by atoms with Crippen LogP contribution in [0.25, 0.3) is 0 Å². The molecule has 1 aliphatic carbocycles. The molecule has 5 aromatic carbocycles. The van der Waals surface area contributed by atoms with Crippen LogP contribution < -0.4 is 0 Å². The first-order chi connectivity index (χ1) is 41.9. The molecule has 3 heterocycles. The third-order valence-electron chi connectivity index (χ3n) is 17.0. The van der Waals surface area contributed by atoms with Gasteiger partial charge in [-0.1, -0.05) is 100 Å². The molecule has 4 aliphatic rings. The van der Waals surface area contributed by atoms with E-state index in [-0.39, 0.29) is 70.6 Å². The Morgan fingerprint density at radius 3 is 1.51 bits per heavy atom. The quantitative estimate of drug-likeness (QED) is 0.0373. The minimum absolute atomic E-state index is 0.0146. The van der Waals surface area contributed by atoms with Gasteiger partial charge in [0.1, 0.15) is 29.4 Å². The first-order valence-electron chi connectivity index (χ1n) is 30.4. The third-order valence-corrected chi connectivity index (χ3v) is 20.3. The fourth-order valence-corrected chi connectivity index (χ4v) is 11.7. The molecule has 0 saturated carbocycles. The van der Waals surface area contributed by atoms with E-state index < -0.39 is 66.9 Å². The van der Waals surface area contributed by atoms with Gasteiger partial charge in [0.2, 0.25) is 0 Å². The Morgan fingerprint density at radius 2 is 1.06 bits per heavy atom. The van der Waals surface area contributed by atoms with Gasteiger partial charge in [0.15, 0.2) is 43.1 Å². The summed E-state index contributed by atoms with van der Waals surface area (Å²) < 4.78 is 102. The summed E-state index contributed by atoms with van der Waals surface area (Å²) in [7, 11) is -5.87. The number of carbonyl (C=O) groups is 5. The number of esters is 5. The summed E-state index contributed by atoms with van der Waals surface area (Å²) >= 11 is 0. The first kappa shape index (κ1) is 74.0. The Bertz CT molecular complexity index is 3230. The monoisotopic (exact) mass is 1290 g/mol. The van der Waals surface area contributed by atoms with E-state index in [1.807, 2.05) is 82.2 Å². The molecule has 2 bridgehead atoms. The standard InChI is InChI=1S/C18H15S.C15H21FO2.C15H20O3.C13H18O5.C9H16F2O5S/c1-4-10-16(11-5-1)19(17-12-6-2-7-13-17)18-14-8-3-9-15-18;1-6-14(2,3)13(17)18-15(4,5)11-7-9-12(16)10-8-11;1-4-15(2,3)14(17)18-13-8-10-5-6-12(16)7-11(10)9-13;1-4-13(2,3)12(15)18-9-7-5-6-8(16-7)10(9)17-11(6)14;1-5-8(3,4)7(12)16-6(2)9(10,11)17(13,14)15/h1-15H;7-10H,6H2,1-5H3;5-7,13,16H,4,8-9H2,1-3H3;6-10H,4-5H2,1-3H3;6H,5H2,1-4H3,(H,13,14,15)/q+1;;;;/p-1. The van der Waals surface area contributed by atoms with Crippen LogP contribution in [-0.2, 0) is 91.8 Å². The molecule has 0 spiro atoms. The number of hydrogen-bond acceptors (Lipinski definition) is 15. The molecule has 3 saturated heterocycles. The molecule has 15 nitrogen and oxygen atoms in total. The summed E-state index contributed by atoms with van der Waals surface area (Å²) in [5.41, 5.74) is -0.169. The molecule has 3 aliphatic heterocycles. The zero-order valence-electron chi connectivity index (χ0n) is 54.3. The lowest BCUT2D eigenvalue weighted by atomic mass is 9.87. The van der Waals surface area contributed by atoms with Crippen LogP contribution in [0, 0.1) is 33.4 Å². The van der Waals surface area contributed by atoms with E-state index in [1.165, 1.54) is 46.2 Å². The lowest BCUT2D eigenvalue weighted by Crippen LogP contribution is -2.44. The number of carbonyl (C=O) groups excluding carboxylic acids is 5. The van der Waals surface area contributed by atoms with Crippen LogP contribution in [-0.4, -0.2) is 89.8 Å². The normalized spacial score (nSPS) is 19.5. The SMILES string of the molecule is CCC(C)(C)C(=O)OC(C)(C)c1ccc(F)cc1.CCC(C)(C)C(=O)OC(C)C(F)(F)S(=O)(=O)[O-].CCC(C)(C)C(=O)OC1C2CC3C(=O)OC1C3O2.CCC(C)(C)C(=O)OC1Cc2ccc(O)cc2C1.c1ccc([S+](c2ccccc2)c2ccccc2)cc1. The Kier molecular flexibility index (Phi) is 25.1. The van der Waals surface area contributed by atoms with E-state index in [2.05, 4.69) is 95.7 Å². The maximum Gasteiger partial charge on any atom is 0.369 e. The highest BCUT2D eigenvalue weighted by Crippen LogP contribution is 2.48. The Morgan fingerprint density at radius 1 is 0.622 bits per heavy atom. The number of phenols is 1. The van der Waals surface area contributed by atoms with Crippen molar-refractivity contribution in [1.29, 1.82) is 0 Å². The maximum absolute atomic E-state index is 13.0. The second-order valence-corrected chi connectivity index (χ2v) is 29.3. The average molecular weight is 1290 g/mol. The van der Waals surface area contributed by atoms with Gasteiger partial charge in [-0.2, -0.15) is 8.78 Å². The Labute approximate surface area is 532 Å². The molecule has 0 amide bonds. The molecule has 3 fully saturated rings. The highest BCUT2D eigenvalue weighted by atomic mass is 32.2. The third kappa shape index (κ3) is 18.9. The van der Waals surface area contributed by atoms with Gasteiger partial charge in [-0.05, 0) is 186 Å². The molecule has 1 N–H and O–H groups in total. The van der Waals surface area contributed by atoms with Crippen molar-refractivity contribution in [2.45, 2.75) is 211 Å². The molecular weight excluding hydrogens is 1200 g/mol. The number of ether oxygens (including phenoxy) is 6. The number of halogens is 3. The van der Waals surface area contributed by atoms with Crippen molar-refractivity contribution in [3.63, 3.8) is 0 Å². The van der Waals surface area contributed by atoms with Crippen LogP contribution in [0.15, 0.2) is 148 Å². The van der Waals surface area contributed by atoms with Gasteiger partial charge in [-0.3, -0.25) is 24.0 Å². The van der Waals surface area contributed by atoms with Crippen molar-refractivity contribution in [3.8, 4) is 5.75 Å². The largest absolute Gasteiger partial charge is 0.743 e. The number of fused-ring (bicyclic) bond motifs is 2. The summed E-state index contributed by atoms with van der Waals surface area (Å²) in [5.74, 6) is -1.97. The lowest BCUT2D eigenvalue weighted by Gasteiger charge is -2.30. The molecule has 9 rings (SSSR count). The van der Waals surface area contributed by atoms with E-state index in [0.717, 1.165) is 24.0 Å². The second kappa shape index (κ2) is 30.6. The highest BCUT2D eigenvalue weighted by molar-refractivity contribution is 7.97. The van der Waals surface area contributed by atoms with Crippen molar-refractivity contribution in [3.05, 3.63) is 156 Å². The fourth-order valence-electron chi connectivity index (χ4n) is 9.15. The summed E-state index contributed by atoms with van der Waals surface area (Å²) in [4.78, 5) is 63.2. The van der Waals surface area contributed by atoms with Gasteiger partial charge < -0.3 is 38.1 Å². The molecule has 7 atom stereocenters. The maximum atomic E-state index is 13.0. The molecule has 5 aromatic rings. The fraction of sp³-hybridized carbons (Fsp3) is 0.500. The molecule has 0 aromatic heterocycles. The van der Waals surface area contributed by atoms with E-state index in [9.17, 15) is 55.2 Å². The van der Waals surface area contributed by atoms with Crippen molar-refractivity contribution < 1.29 is 83.6 Å². The predicted molar refractivity (Wildman–Crippen MR) is 335 cm³/mol. The number of benzene rings is 5. The predicted octanol–water partition coefficient (Wildman–Crippen LogP) is 14.2. The molecular formula is C70H89F3O15S2. The van der Waals surface area contributed by atoms with Crippen LogP contribution >= 0.6 is 0 Å². The number of hydrogen-bond donors (Lipinski definition) is 1. The van der Waals surface area contributed by atoms with Gasteiger partial charge in [0.05, 0.1) is 44.6 Å². The summed E-state index contributed by atoms with van der Waals surface area (Å²) in [6, 6.07) is 43.5. The van der Waals surface area contributed by atoms with Crippen molar-refractivity contribution in [1.82, 2.24) is 0 Å². The molecule has 20 heteroatoms. The minimum Gasteiger partial charge on any atom is -0.743 e. The first-order valence-corrected chi connectivity index (χ1v) is 33.0. The second-order valence-electron chi connectivity index (χ2n) is 25.8. The van der Waals surface area contributed by atoms with Gasteiger partial charge in [-0.25, -0.2) is 12.8 Å². The van der Waals surface area contributed by atoms with Gasteiger partial charge >= 0.3 is 35.1 Å². The highest BCUT2D eigenvalue weighted by Gasteiger charge is 2.65. The average Bonchev–Trinajstić information content (AvgIpc) is 1.57. The molecule has 492 valence electrons. The van der Waals surface area contributed by atoms with Gasteiger partial charge in [-0.15, -0.1) is 0 Å². The van der Waals surface area contributed by atoms with Crippen molar-refractivity contribution in [2.75, 3.05) is 0 Å². The van der Waals surface area contributed by atoms with Crippen LogP contribution in [0.4, 0.5) is 13.2 Å². The van der Waals surface area contributed by atoms with Gasteiger partial charge in [0.25, 0.3) is 0 Å². The van der Waals surface area contributed by atoms with Gasteiger partial charge in [0, 0.05) is 12.8 Å². The zero-order valence-corrected chi connectivity index (χ0v) is 55.9. The lowest BCUT2D eigenvalue weighted by molar-refractivity contribution is -0.170. The number of aromatic hydroxyl groups is 1.